The second-order valence-electron chi connectivity index (χ2n) is 5.61. The molecule has 1 amide bonds. The lowest BCUT2D eigenvalue weighted by Gasteiger charge is -2.21. The Balaban J connectivity index is 0. The molecule has 164 valence electrons. The van der Waals surface area contributed by atoms with Crippen LogP contribution in [-0.4, -0.2) is 16.9 Å². The fraction of sp³-hybridized carbons (Fsp3) is 0.308. The molecular weight excluding hydrogens is 372 g/mol. The van der Waals surface area contributed by atoms with Gasteiger partial charge in [-0.3, -0.25) is 9.59 Å². The number of nitrogens with one attached hydrogen (secondary N) is 2. The Labute approximate surface area is 182 Å². The van der Waals surface area contributed by atoms with Crippen LogP contribution in [0.3, 0.4) is 0 Å². The van der Waals surface area contributed by atoms with Gasteiger partial charge in [-0.05, 0) is 31.9 Å². The number of hydrogen-bond acceptors (Lipinski definition) is 2. The number of aromatic nitrogens is 1. The lowest BCUT2D eigenvalue weighted by atomic mass is 9.96. The van der Waals surface area contributed by atoms with Crippen molar-refractivity contribution in [3.05, 3.63) is 107 Å². The summed E-state index contributed by atoms with van der Waals surface area (Å²) in [5.74, 6) is -0.449. The predicted molar refractivity (Wildman–Crippen MR) is 132 cm³/mol. The Kier molecular flexibility index (Phi) is 17.4. The van der Waals surface area contributed by atoms with E-state index in [1.165, 1.54) is 12.3 Å². The van der Waals surface area contributed by atoms with Gasteiger partial charge in [0.15, 0.2) is 5.43 Å². The van der Waals surface area contributed by atoms with Crippen molar-refractivity contribution < 1.29 is 4.79 Å². The van der Waals surface area contributed by atoms with Crippen molar-refractivity contribution in [2.24, 2.45) is 0 Å². The summed E-state index contributed by atoms with van der Waals surface area (Å²) in [5.41, 5.74) is 2.12. The van der Waals surface area contributed by atoms with Crippen LogP contribution in [0, 0.1) is 6.92 Å². The zero-order chi connectivity index (χ0) is 23.5. The predicted octanol–water partition coefficient (Wildman–Crippen LogP) is 6.21. The molecule has 0 bridgehead atoms. The summed E-state index contributed by atoms with van der Waals surface area (Å²) < 4.78 is 0. The SMILES string of the molecule is C=C/C=C(\C=C/C)C(NC(=O)c1c[nH]c(C)cc1=O)C(/C=C\C)=C/C=C.CC.CC. The van der Waals surface area contributed by atoms with Crippen LogP contribution in [0.1, 0.15) is 57.6 Å². The van der Waals surface area contributed by atoms with Gasteiger partial charge in [-0.1, -0.05) is 89.5 Å². The first kappa shape index (κ1) is 29.1. The van der Waals surface area contributed by atoms with Crippen LogP contribution >= 0.6 is 0 Å². The van der Waals surface area contributed by atoms with Gasteiger partial charge in [0, 0.05) is 18.0 Å². The van der Waals surface area contributed by atoms with Crippen molar-refractivity contribution in [2.45, 2.75) is 54.5 Å². The molecule has 0 saturated heterocycles. The summed E-state index contributed by atoms with van der Waals surface area (Å²) in [6.07, 6.45) is 16.0. The van der Waals surface area contributed by atoms with Crippen molar-refractivity contribution >= 4 is 5.91 Å². The van der Waals surface area contributed by atoms with Crippen molar-refractivity contribution in [1.29, 1.82) is 0 Å². The molecule has 0 aliphatic heterocycles. The molecular formula is C26H38N2O2. The molecule has 1 aromatic rings. The quantitative estimate of drug-likeness (QED) is 0.500. The van der Waals surface area contributed by atoms with E-state index in [2.05, 4.69) is 23.5 Å². The number of carbonyl (C=O) groups is 1. The molecule has 0 unspecified atom stereocenters. The molecule has 1 heterocycles. The van der Waals surface area contributed by atoms with E-state index in [1.54, 1.807) is 19.1 Å². The lowest BCUT2D eigenvalue weighted by molar-refractivity contribution is 0.0946. The first-order chi connectivity index (χ1) is 14.5. The van der Waals surface area contributed by atoms with Gasteiger partial charge in [-0.2, -0.15) is 0 Å². The Morgan fingerprint density at radius 1 is 1.00 bits per heavy atom. The number of hydrogen-bond donors (Lipinski definition) is 2. The minimum atomic E-state index is -0.452. The van der Waals surface area contributed by atoms with Gasteiger partial charge < -0.3 is 10.3 Å². The number of aromatic amines is 1. The fourth-order valence-electron chi connectivity index (χ4n) is 2.47. The van der Waals surface area contributed by atoms with E-state index in [-0.39, 0.29) is 11.0 Å². The molecule has 0 spiro atoms. The second kappa shape index (κ2) is 17.9. The molecule has 4 heteroatoms. The summed E-state index contributed by atoms with van der Waals surface area (Å²) in [6, 6.07) is 0.953. The van der Waals surface area contributed by atoms with Crippen LogP contribution in [0.25, 0.3) is 0 Å². The third-order valence-electron chi connectivity index (χ3n) is 3.58. The van der Waals surface area contributed by atoms with E-state index in [0.717, 1.165) is 11.1 Å². The normalized spacial score (nSPS) is 12.4. The number of rotatable bonds is 8. The largest absolute Gasteiger partial charge is 0.364 e. The third kappa shape index (κ3) is 9.87. The fourth-order valence-corrected chi connectivity index (χ4v) is 2.47. The molecule has 0 aromatic carbocycles. The van der Waals surface area contributed by atoms with E-state index < -0.39 is 11.9 Å². The molecule has 0 aliphatic carbocycles. The first-order valence-electron chi connectivity index (χ1n) is 10.4. The number of H-pyrrole nitrogens is 1. The van der Waals surface area contributed by atoms with Gasteiger partial charge in [0.25, 0.3) is 5.91 Å². The maximum Gasteiger partial charge on any atom is 0.257 e. The zero-order valence-corrected chi connectivity index (χ0v) is 19.6. The minimum absolute atomic E-state index is 0.0671. The molecule has 30 heavy (non-hydrogen) atoms. The van der Waals surface area contributed by atoms with Gasteiger partial charge in [0.1, 0.15) is 5.56 Å². The standard InChI is InChI=1S/C22H26N2O2.2C2H6/c1-6-10-17(11-7-2)21(18(12-8-3)13-9-4)24-22(26)19-15-23-16(5)14-20(19)25;2*1-2/h6-15,21H,1,3H2,2,4-5H3,(H,23,25)(H,24,26);2*1-2H3/b11-7-,13-9-,17-10+,18-12+;;. The number of pyridine rings is 1. The Hall–Kier alpha value is -3.14. The summed E-state index contributed by atoms with van der Waals surface area (Å²) >= 11 is 0. The van der Waals surface area contributed by atoms with Crippen LogP contribution in [-0.2, 0) is 0 Å². The summed E-state index contributed by atoms with van der Waals surface area (Å²) in [5, 5.41) is 2.94. The smallest absolute Gasteiger partial charge is 0.257 e. The van der Waals surface area contributed by atoms with Crippen molar-refractivity contribution in [1.82, 2.24) is 10.3 Å². The minimum Gasteiger partial charge on any atom is -0.364 e. The Morgan fingerprint density at radius 2 is 1.47 bits per heavy atom. The number of carbonyl (C=O) groups excluding carboxylic acids is 1. The van der Waals surface area contributed by atoms with E-state index >= 15 is 0 Å². The topological polar surface area (TPSA) is 62.0 Å². The maximum atomic E-state index is 12.7. The van der Waals surface area contributed by atoms with Gasteiger partial charge in [0.05, 0.1) is 6.04 Å². The molecule has 1 aromatic heterocycles. The molecule has 0 fully saturated rings. The Bertz CT molecular complexity index is 803. The molecule has 2 N–H and O–H groups in total. The molecule has 4 nitrogen and oxygen atoms in total. The highest BCUT2D eigenvalue weighted by molar-refractivity contribution is 5.94. The highest BCUT2D eigenvalue weighted by atomic mass is 16.2. The summed E-state index contributed by atoms with van der Waals surface area (Å²) in [7, 11) is 0. The van der Waals surface area contributed by atoms with Crippen LogP contribution in [0.2, 0.25) is 0 Å². The van der Waals surface area contributed by atoms with Crippen LogP contribution in [0.5, 0.6) is 0 Å². The molecule has 0 aliphatic rings. The monoisotopic (exact) mass is 410 g/mol. The van der Waals surface area contributed by atoms with Crippen molar-refractivity contribution in [3.63, 3.8) is 0 Å². The van der Waals surface area contributed by atoms with Crippen LogP contribution in [0.15, 0.2) is 90.0 Å². The zero-order valence-electron chi connectivity index (χ0n) is 19.6. The van der Waals surface area contributed by atoms with E-state index in [9.17, 15) is 9.59 Å². The number of amides is 1. The molecule has 0 radical (unpaired) electrons. The summed E-state index contributed by atoms with van der Waals surface area (Å²) in [6.45, 7) is 21.0. The van der Waals surface area contributed by atoms with Crippen molar-refractivity contribution in [2.75, 3.05) is 0 Å². The van der Waals surface area contributed by atoms with Crippen LogP contribution < -0.4 is 10.7 Å². The summed E-state index contributed by atoms with van der Waals surface area (Å²) in [4.78, 5) is 27.8. The Morgan fingerprint density at radius 3 is 1.83 bits per heavy atom. The average Bonchev–Trinajstić information content (AvgIpc) is 2.74. The highest BCUT2D eigenvalue weighted by Gasteiger charge is 2.20. The van der Waals surface area contributed by atoms with Crippen LogP contribution in [0.4, 0.5) is 0 Å². The third-order valence-corrected chi connectivity index (χ3v) is 3.58. The number of allylic oxidation sites excluding steroid dienone is 6. The lowest BCUT2D eigenvalue weighted by Crippen LogP contribution is -2.39. The van der Waals surface area contributed by atoms with Gasteiger partial charge in [0.2, 0.25) is 0 Å². The van der Waals surface area contributed by atoms with Gasteiger partial charge >= 0.3 is 0 Å². The van der Waals surface area contributed by atoms with E-state index in [1.807, 2.05) is 78.0 Å². The first-order valence-corrected chi connectivity index (χ1v) is 10.4. The van der Waals surface area contributed by atoms with E-state index in [4.69, 9.17) is 0 Å². The maximum absolute atomic E-state index is 12.7. The average molecular weight is 411 g/mol. The molecule has 0 atom stereocenters. The molecule has 0 saturated carbocycles. The second-order valence-corrected chi connectivity index (χ2v) is 5.61. The number of aryl methyl sites for hydroxylation is 1. The highest BCUT2D eigenvalue weighted by Crippen LogP contribution is 2.17. The molecule has 1 rings (SSSR count). The van der Waals surface area contributed by atoms with E-state index in [0.29, 0.717) is 5.69 Å². The van der Waals surface area contributed by atoms with Gasteiger partial charge in [-0.15, -0.1) is 0 Å². The van der Waals surface area contributed by atoms with Gasteiger partial charge in [-0.25, -0.2) is 0 Å². The van der Waals surface area contributed by atoms with Crippen molar-refractivity contribution in [3.8, 4) is 0 Å².